The molecule has 0 radical (unpaired) electrons. The van der Waals surface area contributed by atoms with Crippen LogP contribution in [-0.2, 0) is 16.1 Å². The van der Waals surface area contributed by atoms with Crippen LogP contribution in [0.4, 0.5) is 5.82 Å². The number of hydrogen-bond donors (Lipinski definition) is 2. The Morgan fingerprint density at radius 3 is 2.46 bits per heavy atom. The van der Waals surface area contributed by atoms with Gasteiger partial charge in [-0.3, -0.25) is 4.79 Å². The molecular formula is C26H27N5O4. The highest BCUT2D eigenvalue weighted by Gasteiger charge is 2.25. The predicted octanol–water partition coefficient (Wildman–Crippen LogP) is 4.13. The molecule has 0 bridgehead atoms. The van der Waals surface area contributed by atoms with Crippen LogP contribution in [0, 0.1) is 12.8 Å². The summed E-state index contributed by atoms with van der Waals surface area (Å²) in [5, 5.41) is 10.9. The van der Waals surface area contributed by atoms with Crippen LogP contribution in [-0.4, -0.2) is 40.2 Å². The number of ether oxygens (including phenoxy) is 1. The van der Waals surface area contributed by atoms with Gasteiger partial charge in [-0.2, -0.15) is 0 Å². The number of amides is 1. The van der Waals surface area contributed by atoms with Crippen molar-refractivity contribution in [2.24, 2.45) is 5.92 Å². The summed E-state index contributed by atoms with van der Waals surface area (Å²) in [4.78, 5) is 34.6. The molecule has 4 aromatic rings. The summed E-state index contributed by atoms with van der Waals surface area (Å²) < 4.78 is 10.3. The van der Waals surface area contributed by atoms with Gasteiger partial charge < -0.3 is 19.9 Å². The van der Waals surface area contributed by atoms with Gasteiger partial charge in [0.25, 0.3) is 5.91 Å². The third-order valence-electron chi connectivity index (χ3n) is 5.61. The molecule has 2 aromatic heterocycles. The number of carbonyl (C=O) groups is 2. The van der Waals surface area contributed by atoms with Crippen molar-refractivity contribution in [2.75, 3.05) is 12.4 Å². The number of esters is 1. The quantitative estimate of drug-likeness (QED) is 0.367. The highest BCUT2D eigenvalue weighted by Crippen LogP contribution is 2.26. The number of nitrogens with zero attached hydrogens (tertiary/aromatic N) is 3. The molecule has 0 aliphatic rings. The van der Waals surface area contributed by atoms with Crippen LogP contribution in [0.2, 0.25) is 0 Å². The van der Waals surface area contributed by atoms with Crippen molar-refractivity contribution in [3.8, 4) is 11.3 Å². The maximum Gasteiger partial charge on any atom is 0.328 e. The number of benzene rings is 2. The highest BCUT2D eigenvalue weighted by molar-refractivity contribution is 6.00. The number of hydrogen-bond acceptors (Lipinski definition) is 8. The minimum absolute atomic E-state index is 0.0349. The van der Waals surface area contributed by atoms with Crippen LogP contribution in [0.15, 0.2) is 59.1 Å². The van der Waals surface area contributed by atoms with Gasteiger partial charge in [0.15, 0.2) is 5.82 Å². The van der Waals surface area contributed by atoms with Gasteiger partial charge in [0.1, 0.15) is 28.9 Å². The molecule has 0 unspecified atom stereocenters. The third-order valence-corrected chi connectivity index (χ3v) is 5.61. The van der Waals surface area contributed by atoms with E-state index in [1.165, 1.54) is 7.11 Å². The lowest BCUT2D eigenvalue weighted by Gasteiger charge is -2.21. The summed E-state index contributed by atoms with van der Waals surface area (Å²) in [6, 6.07) is 16.3. The molecule has 2 aromatic carbocycles. The Kier molecular flexibility index (Phi) is 7.05. The molecule has 0 spiro atoms. The smallest absolute Gasteiger partial charge is 0.328 e. The van der Waals surface area contributed by atoms with Crippen LogP contribution < -0.4 is 10.6 Å². The number of nitrogens with one attached hydrogen (secondary N) is 2. The standard InChI is InChI=1S/C26H27N5O4/c1-15(2)22(26(33)34-4)30-24-18-12-8-9-13-19(18)28-20(29-24)14-27-25(32)21-16(3)35-31-23(21)17-10-6-5-7-11-17/h5-13,15,22H,14H2,1-4H3,(H,27,32)(H,28,29,30)/t22-/m0/s1. The van der Waals surface area contributed by atoms with Gasteiger partial charge >= 0.3 is 5.97 Å². The first-order valence-electron chi connectivity index (χ1n) is 11.3. The molecule has 180 valence electrons. The fourth-order valence-corrected chi connectivity index (χ4v) is 3.77. The second-order valence-electron chi connectivity index (χ2n) is 8.41. The van der Waals surface area contributed by atoms with Crippen LogP contribution in [0.1, 0.15) is 35.8 Å². The molecule has 2 N–H and O–H groups in total. The fraction of sp³-hybridized carbons (Fsp3) is 0.269. The number of methoxy groups -OCH3 is 1. The summed E-state index contributed by atoms with van der Waals surface area (Å²) in [5.74, 6) is 0.545. The van der Waals surface area contributed by atoms with E-state index < -0.39 is 6.04 Å². The maximum absolute atomic E-state index is 13.1. The summed E-state index contributed by atoms with van der Waals surface area (Å²) in [7, 11) is 1.36. The van der Waals surface area contributed by atoms with E-state index in [9.17, 15) is 9.59 Å². The second-order valence-corrected chi connectivity index (χ2v) is 8.41. The van der Waals surface area contributed by atoms with E-state index >= 15 is 0 Å². The van der Waals surface area contributed by atoms with Gasteiger partial charge in [0.2, 0.25) is 0 Å². The van der Waals surface area contributed by atoms with Crippen molar-refractivity contribution >= 4 is 28.6 Å². The van der Waals surface area contributed by atoms with E-state index in [0.717, 1.165) is 10.9 Å². The van der Waals surface area contributed by atoms with E-state index in [4.69, 9.17) is 9.26 Å². The summed E-state index contributed by atoms with van der Waals surface area (Å²) in [5.41, 5.74) is 2.30. The summed E-state index contributed by atoms with van der Waals surface area (Å²) >= 11 is 0. The van der Waals surface area contributed by atoms with Gasteiger partial charge in [-0.1, -0.05) is 61.5 Å². The molecule has 9 nitrogen and oxygen atoms in total. The lowest BCUT2D eigenvalue weighted by atomic mass is 10.0. The number of anilines is 1. The minimum atomic E-state index is -0.589. The van der Waals surface area contributed by atoms with Crippen molar-refractivity contribution < 1.29 is 18.8 Å². The molecule has 0 aliphatic carbocycles. The molecule has 0 saturated heterocycles. The number of aryl methyl sites for hydroxylation is 1. The first kappa shape index (κ1) is 23.9. The predicted molar refractivity (Wildman–Crippen MR) is 132 cm³/mol. The van der Waals surface area contributed by atoms with E-state index in [1.807, 2.05) is 68.4 Å². The van der Waals surface area contributed by atoms with Gasteiger partial charge in [-0.05, 0) is 25.0 Å². The maximum atomic E-state index is 13.1. The zero-order chi connectivity index (χ0) is 24.9. The second kappa shape index (κ2) is 10.3. The Morgan fingerprint density at radius 2 is 1.74 bits per heavy atom. The van der Waals surface area contributed by atoms with Crippen molar-refractivity contribution in [1.82, 2.24) is 20.4 Å². The molecular weight excluding hydrogens is 446 g/mol. The molecule has 1 amide bonds. The fourth-order valence-electron chi connectivity index (χ4n) is 3.77. The number of para-hydroxylation sites is 1. The lowest BCUT2D eigenvalue weighted by Crippen LogP contribution is -2.36. The molecule has 4 rings (SSSR count). The van der Waals surface area contributed by atoms with Gasteiger partial charge in [-0.25, -0.2) is 14.8 Å². The number of rotatable bonds is 8. The first-order valence-corrected chi connectivity index (χ1v) is 11.3. The molecule has 9 heteroatoms. The lowest BCUT2D eigenvalue weighted by molar-refractivity contribution is -0.142. The Balaban J connectivity index is 1.61. The van der Waals surface area contributed by atoms with E-state index in [2.05, 4.69) is 25.8 Å². The van der Waals surface area contributed by atoms with Crippen molar-refractivity contribution in [1.29, 1.82) is 0 Å². The number of aromatic nitrogens is 3. The summed E-state index contributed by atoms with van der Waals surface area (Å²) in [6.07, 6.45) is 0. The third kappa shape index (κ3) is 5.13. The van der Waals surface area contributed by atoms with Crippen molar-refractivity contribution in [3.63, 3.8) is 0 Å². The van der Waals surface area contributed by atoms with E-state index in [1.54, 1.807) is 6.92 Å². The SMILES string of the molecule is COC(=O)[C@@H](Nc1nc(CNC(=O)c2c(-c3ccccc3)noc2C)nc2ccccc12)C(C)C. The van der Waals surface area contributed by atoms with E-state index in [0.29, 0.717) is 34.2 Å². The topological polar surface area (TPSA) is 119 Å². The highest BCUT2D eigenvalue weighted by atomic mass is 16.5. The summed E-state index contributed by atoms with van der Waals surface area (Å²) in [6.45, 7) is 5.61. The largest absolute Gasteiger partial charge is 0.467 e. The number of carbonyl (C=O) groups excluding carboxylic acids is 2. The Labute approximate surface area is 202 Å². The molecule has 2 heterocycles. The molecule has 0 fully saturated rings. The zero-order valence-electron chi connectivity index (χ0n) is 20.0. The molecule has 0 saturated carbocycles. The zero-order valence-corrected chi connectivity index (χ0v) is 20.0. The molecule has 35 heavy (non-hydrogen) atoms. The minimum Gasteiger partial charge on any atom is -0.467 e. The van der Waals surface area contributed by atoms with Crippen LogP contribution in [0.3, 0.4) is 0 Å². The first-order chi connectivity index (χ1) is 16.9. The number of fused-ring (bicyclic) bond motifs is 1. The van der Waals surface area contributed by atoms with Crippen molar-refractivity contribution in [2.45, 2.75) is 33.4 Å². The van der Waals surface area contributed by atoms with Crippen molar-refractivity contribution in [3.05, 3.63) is 71.7 Å². The van der Waals surface area contributed by atoms with Crippen LogP contribution in [0.5, 0.6) is 0 Å². The van der Waals surface area contributed by atoms with Crippen LogP contribution >= 0.6 is 0 Å². The monoisotopic (exact) mass is 473 g/mol. The van der Waals surface area contributed by atoms with Crippen LogP contribution in [0.25, 0.3) is 22.2 Å². The Morgan fingerprint density at radius 1 is 1.03 bits per heavy atom. The Bertz CT molecular complexity index is 1350. The van der Waals surface area contributed by atoms with Gasteiger partial charge in [0.05, 0.1) is 19.2 Å². The average molecular weight is 474 g/mol. The van der Waals surface area contributed by atoms with Gasteiger partial charge in [-0.15, -0.1) is 0 Å². The Hall–Kier alpha value is -4.27. The van der Waals surface area contributed by atoms with Gasteiger partial charge in [0, 0.05) is 10.9 Å². The van der Waals surface area contributed by atoms with E-state index in [-0.39, 0.29) is 24.3 Å². The average Bonchev–Trinajstić information content (AvgIpc) is 3.27. The molecule has 0 aliphatic heterocycles. The molecule has 1 atom stereocenters. The normalized spacial score (nSPS) is 11.9.